The lowest BCUT2D eigenvalue weighted by Gasteiger charge is -2.30. The predicted octanol–water partition coefficient (Wildman–Crippen LogP) is 6.62. The molecule has 3 heterocycles. The third-order valence-corrected chi connectivity index (χ3v) is 8.86. The first kappa shape index (κ1) is 35.3. The minimum atomic E-state index is -4.81. The standard InChI is InChI=1S/C34H35F3N6O5S/c35-34(36,37)48-27-9-4-7-24(18-27)20-29(44)39-28-12-11-22(21-38-28)5-1-2-10-31-41-42-32(49-31)40-30(45)19-23-6-3-8-26(17-23)25-13-15-43(16-14-25)33(46)47/h3-4,6-9,11-12,17-18,21,25H,1-2,5,10,13-16,19-20H2,(H,46,47)(H,38,39,44)(H,40,42,45). The number of amides is 3. The number of aromatic nitrogens is 3. The monoisotopic (exact) mass is 696 g/mol. The van der Waals surface area contributed by atoms with Gasteiger partial charge in [0.1, 0.15) is 16.6 Å². The highest BCUT2D eigenvalue weighted by Gasteiger charge is 2.31. The molecule has 2 aromatic heterocycles. The molecule has 0 saturated carbocycles. The van der Waals surface area contributed by atoms with Crippen molar-refractivity contribution in [3.05, 3.63) is 94.1 Å². The molecule has 0 radical (unpaired) electrons. The van der Waals surface area contributed by atoms with Crippen molar-refractivity contribution in [1.82, 2.24) is 20.1 Å². The second-order valence-corrected chi connectivity index (χ2v) is 12.8. The zero-order valence-electron chi connectivity index (χ0n) is 26.4. The molecule has 0 unspecified atom stereocenters. The topological polar surface area (TPSA) is 147 Å². The van der Waals surface area contributed by atoms with Crippen LogP contribution in [0.1, 0.15) is 58.9 Å². The Balaban J connectivity index is 0.998. The summed E-state index contributed by atoms with van der Waals surface area (Å²) >= 11 is 1.34. The fraction of sp³-hybridized carbons (Fsp3) is 0.353. The number of pyridine rings is 1. The van der Waals surface area contributed by atoms with Gasteiger partial charge in [-0.2, -0.15) is 0 Å². The molecule has 2 aromatic carbocycles. The molecule has 258 valence electrons. The molecule has 1 aliphatic rings. The number of anilines is 2. The van der Waals surface area contributed by atoms with E-state index in [4.69, 9.17) is 0 Å². The number of halogens is 3. The van der Waals surface area contributed by atoms with E-state index in [0.29, 0.717) is 36.0 Å². The number of carboxylic acid groups (broad SMARTS) is 1. The minimum Gasteiger partial charge on any atom is -0.465 e. The van der Waals surface area contributed by atoms with Gasteiger partial charge in [0.25, 0.3) is 0 Å². The first-order valence-corrected chi connectivity index (χ1v) is 16.6. The van der Waals surface area contributed by atoms with E-state index in [1.165, 1.54) is 40.5 Å². The minimum absolute atomic E-state index is 0.137. The van der Waals surface area contributed by atoms with Crippen molar-refractivity contribution >= 4 is 40.2 Å². The van der Waals surface area contributed by atoms with E-state index in [1.54, 1.807) is 12.3 Å². The molecular formula is C34H35F3N6O5S. The van der Waals surface area contributed by atoms with Crippen LogP contribution in [0.5, 0.6) is 5.75 Å². The number of piperidine rings is 1. The summed E-state index contributed by atoms with van der Waals surface area (Å²) in [5.41, 5.74) is 3.36. The van der Waals surface area contributed by atoms with Crippen LogP contribution in [0.2, 0.25) is 0 Å². The number of nitrogens with one attached hydrogen (secondary N) is 2. The van der Waals surface area contributed by atoms with E-state index in [1.807, 2.05) is 30.3 Å². The van der Waals surface area contributed by atoms with Gasteiger partial charge in [0.15, 0.2) is 0 Å². The molecule has 3 N–H and O–H groups in total. The van der Waals surface area contributed by atoms with Crippen molar-refractivity contribution in [1.29, 1.82) is 0 Å². The molecule has 5 rings (SSSR count). The maximum Gasteiger partial charge on any atom is 0.573 e. The molecular weight excluding hydrogens is 661 g/mol. The summed E-state index contributed by atoms with van der Waals surface area (Å²) in [6.07, 6.45) is 0.712. The Kier molecular flexibility index (Phi) is 11.8. The SMILES string of the molecule is O=C(Cc1cccc(OC(F)(F)F)c1)Nc1ccc(CCCCc2nnc(NC(=O)Cc3cccc(C4CCN(C(=O)O)CC4)c3)s2)cn1. The van der Waals surface area contributed by atoms with Gasteiger partial charge in [-0.1, -0.05) is 53.8 Å². The van der Waals surface area contributed by atoms with E-state index in [9.17, 15) is 32.7 Å². The van der Waals surface area contributed by atoms with Gasteiger partial charge in [-0.25, -0.2) is 9.78 Å². The van der Waals surface area contributed by atoms with E-state index in [0.717, 1.165) is 53.8 Å². The van der Waals surface area contributed by atoms with Crippen molar-refractivity contribution in [3.63, 3.8) is 0 Å². The molecule has 0 atom stereocenters. The van der Waals surface area contributed by atoms with Crippen LogP contribution in [0, 0.1) is 0 Å². The van der Waals surface area contributed by atoms with Crippen LogP contribution in [-0.4, -0.2) is 62.5 Å². The van der Waals surface area contributed by atoms with Crippen molar-refractivity contribution < 1.29 is 37.4 Å². The number of nitrogens with zero attached hydrogens (tertiary/aromatic N) is 4. The molecule has 0 aliphatic carbocycles. The number of hydrogen-bond acceptors (Lipinski definition) is 8. The van der Waals surface area contributed by atoms with Crippen LogP contribution in [0.25, 0.3) is 0 Å². The zero-order valence-corrected chi connectivity index (χ0v) is 27.2. The quantitative estimate of drug-likeness (QED) is 0.132. The average Bonchev–Trinajstić information content (AvgIpc) is 3.50. The van der Waals surface area contributed by atoms with E-state index < -0.39 is 18.4 Å². The lowest BCUT2D eigenvalue weighted by Crippen LogP contribution is -2.36. The summed E-state index contributed by atoms with van der Waals surface area (Å²) in [4.78, 5) is 42.0. The van der Waals surface area contributed by atoms with Gasteiger partial charge in [-0.05, 0) is 78.5 Å². The fourth-order valence-electron chi connectivity index (χ4n) is 5.59. The van der Waals surface area contributed by atoms with Crippen LogP contribution in [-0.2, 0) is 35.3 Å². The van der Waals surface area contributed by atoms with Gasteiger partial charge in [-0.3, -0.25) is 9.59 Å². The lowest BCUT2D eigenvalue weighted by molar-refractivity contribution is -0.274. The molecule has 1 aliphatic heterocycles. The van der Waals surface area contributed by atoms with Crippen LogP contribution >= 0.6 is 11.3 Å². The number of benzene rings is 2. The summed E-state index contributed by atoms with van der Waals surface area (Å²) < 4.78 is 41.3. The Bertz CT molecular complexity index is 1740. The van der Waals surface area contributed by atoms with Gasteiger partial charge in [-0.15, -0.1) is 23.4 Å². The molecule has 0 spiro atoms. The largest absolute Gasteiger partial charge is 0.573 e. The number of aryl methyl sites for hydroxylation is 2. The highest BCUT2D eigenvalue weighted by Crippen LogP contribution is 2.29. The number of unbranched alkanes of at least 4 members (excludes halogenated alkanes) is 1. The Labute approximate surface area is 284 Å². The summed E-state index contributed by atoms with van der Waals surface area (Å²) in [6, 6.07) is 16.7. The molecule has 3 amide bonds. The third kappa shape index (κ3) is 11.3. The number of ether oxygens (including phenoxy) is 1. The second kappa shape index (κ2) is 16.4. The molecule has 49 heavy (non-hydrogen) atoms. The van der Waals surface area contributed by atoms with E-state index >= 15 is 0 Å². The lowest BCUT2D eigenvalue weighted by atomic mass is 9.88. The highest BCUT2D eigenvalue weighted by atomic mass is 32.1. The Hall–Kier alpha value is -5.05. The number of rotatable bonds is 13. The normalized spacial score (nSPS) is 13.6. The maximum absolute atomic E-state index is 12.7. The first-order chi connectivity index (χ1) is 23.5. The molecule has 1 saturated heterocycles. The fourth-order valence-corrected chi connectivity index (χ4v) is 6.39. The van der Waals surface area contributed by atoms with Gasteiger partial charge >= 0.3 is 12.5 Å². The Morgan fingerprint density at radius 2 is 1.57 bits per heavy atom. The second-order valence-electron chi connectivity index (χ2n) is 11.7. The van der Waals surface area contributed by atoms with Crippen molar-refractivity contribution in [2.75, 3.05) is 23.7 Å². The van der Waals surface area contributed by atoms with Crippen molar-refractivity contribution in [3.8, 4) is 5.75 Å². The Morgan fingerprint density at radius 1 is 0.878 bits per heavy atom. The predicted molar refractivity (Wildman–Crippen MR) is 177 cm³/mol. The van der Waals surface area contributed by atoms with Gasteiger partial charge in [0.05, 0.1) is 12.8 Å². The summed E-state index contributed by atoms with van der Waals surface area (Å²) in [7, 11) is 0. The smallest absolute Gasteiger partial charge is 0.465 e. The summed E-state index contributed by atoms with van der Waals surface area (Å²) in [5, 5.41) is 24.2. The molecule has 15 heteroatoms. The van der Waals surface area contributed by atoms with E-state index in [2.05, 4.69) is 30.6 Å². The average molecular weight is 697 g/mol. The number of alkyl halides is 3. The number of carbonyl (C=O) groups is 3. The third-order valence-electron chi connectivity index (χ3n) is 7.96. The molecule has 4 aromatic rings. The molecule has 11 nitrogen and oxygen atoms in total. The van der Waals surface area contributed by atoms with Crippen molar-refractivity contribution in [2.24, 2.45) is 0 Å². The highest BCUT2D eigenvalue weighted by molar-refractivity contribution is 7.15. The Morgan fingerprint density at radius 3 is 2.27 bits per heavy atom. The van der Waals surface area contributed by atoms with Gasteiger partial charge in [0, 0.05) is 25.7 Å². The van der Waals surface area contributed by atoms with Crippen molar-refractivity contribution in [2.45, 2.75) is 63.6 Å². The molecule has 1 fully saturated rings. The van der Waals surface area contributed by atoms with Crippen LogP contribution in [0.15, 0.2) is 66.9 Å². The van der Waals surface area contributed by atoms with Crippen LogP contribution < -0.4 is 15.4 Å². The zero-order chi connectivity index (χ0) is 34.8. The van der Waals surface area contributed by atoms with Crippen LogP contribution in [0.4, 0.5) is 28.9 Å². The van der Waals surface area contributed by atoms with E-state index in [-0.39, 0.29) is 30.4 Å². The van der Waals surface area contributed by atoms with Gasteiger partial charge < -0.3 is 25.4 Å². The summed E-state index contributed by atoms with van der Waals surface area (Å²) in [5.74, 6) is -0.381. The number of likely N-dealkylation sites (tertiary alicyclic amines) is 1. The summed E-state index contributed by atoms with van der Waals surface area (Å²) in [6.45, 7) is 1.02. The first-order valence-electron chi connectivity index (χ1n) is 15.8. The van der Waals surface area contributed by atoms with Crippen LogP contribution in [0.3, 0.4) is 0 Å². The number of carbonyl (C=O) groups excluding carboxylic acids is 2. The van der Waals surface area contributed by atoms with Gasteiger partial charge in [0.2, 0.25) is 16.9 Å². The maximum atomic E-state index is 12.7. The molecule has 0 bridgehead atoms. The number of hydrogen-bond donors (Lipinski definition) is 3.